The molecule has 1 unspecified atom stereocenters. The molecular weight excluding hydrogens is 266 g/mol. The lowest BCUT2D eigenvalue weighted by Crippen LogP contribution is -2.21. The van der Waals surface area contributed by atoms with Gasteiger partial charge in [0.1, 0.15) is 12.4 Å². The number of hydrogen-bond donors (Lipinski definition) is 1. The predicted molar refractivity (Wildman–Crippen MR) is 72.0 cm³/mol. The summed E-state index contributed by atoms with van der Waals surface area (Å²) >= 11 is 3.26. The van der Waals surface area contributed by atoms with Crippen LogP contribution in [0, 0.1) is 0 Å². The van der Waals surface area contributed by atoms with Crippen LogP contribution < -0.4 is 10.5 Å². The Labute approximate surface area is 106 Å². The van der Waals surface area contributed by atoms with E-state index in [1.807, 2.05) is 18.2 Å². The first-order chi connectivity index (χ1) is 7.61. The summed E-state index contributed by atoms with van der Waals surface area (Å²) in [5, 5.41) is 0. The van der Waals surface area contributed by atoms with E-state index in [9.17, 15) is 0 Å². The second-order valence-corrected chi connectivity index (χ2v) is 4.95. The first-order valence-electron chi connectivity index (χ1n) is 5.42. The Bertz CT molecular complexity index is 352. The molecule has 88 valence electrons. The van der Waals surface area contributed by atoms with Crippen molar-refractivity contribution in [3.05, 3.63) is 40.9 Å². The molecule has 16 heavy (non-hydrogen) atoms. The van der Waals surface area contributed by atoms with Crippen molar-refractivity contribution in [2.75, 3.05) is 6.61 Å². The summed E-state index contributed by atoms with van der Waals surface area (Å²) in [6, 6.07) is 8.26. The molecule has 0 aliphatic heterocycles. The molecule has 0 bridgehead atoms. The Kier molecular flexibility index (Phi) is 5.56. The van der Waals surface area contributed by atoms with Gasteiger partial charge < -0.3 is 10.5 Å². The van der Waals surface area contributed by atoms with Crippen molar-refractivity contribution in [2.24, 2.45) is 5.73 Å². The SMILES string of the molecule is C=C(Br)COc1cccc(CC(N)CC)c1. The predicted octanol–water partition coefficient (Wildman–Crippen LogP) is 3.25. The number of halogens is 1. The van der Waals surface area contributed by atoms with Gasteiger partial charge >= 0.3 is 0 Å². The van der Waals surface area contributed by atoms with Gasteiger partial charge in [0.15, 0.2) is 0 Å². The van der Waals surface area contributed by atoms with Gasteiger partial charge in [0, 0.05) is 10.5 Å². The minimum atomic E-state index is 0.224. The monoisotopic (exact) mass is 283 g/mol. The van der Waals surface area contributed by atoms with Crippen molar-refractivity contribution in [3.8, 4) is 5.75 Å². The highest BCUT2D eigenvalue weighted by molar-refractivity contribution is 9.11. The third-order valence-electron chi connectivity index (χ3n) is 2.32. The first-order valence-corrected chi connectivity index (χ1v) is 6.21. The molecule has 0 aliphatic carbocycles. The number of rotatable bonds is 6. The molecule has 1 rings (SSSR count). The molecule has 0 aromatic heterocycles. The van der Waals surface area contributed by atoms with Gasteiger partial charge in [-0.15, -0.1) is 0 Å². The lowest BCUT2D eigenvalue weighted by atomic mass is 10.0. The molecule has 0 amide bonds. The highest BCUT2D eigenvalue weighted by Gasteiger charge is 2.02. The normalized spacial score (nSPS) is 12.2. The van der Waals surface area contributed by atoms with Crippen LogP contribution in [0.25, 0.3) is 0 Å². The van der Waals surface area contributed by atoms with E-state index >= 15 is 0 Å². The molecule has 0 spiro atoms. The third-order valence-corrected chi connectivity index (χ3v) is 2.55. The quantitative estimate of drug-likeness (QED) is 0.870. The van der Waals surface area contributed by atoms with Crippen LogP contribution in [-0.4, -0.2) is 12.6 Å². The van der Waals surface area contributed by atoms with Gasteiger partial charge in [-0.3, -0.25) is 0 Å². The minimum absolute atomic E-state index is 0.224. The summed E-state index contributed by atoms with van der Waals surface area (Å²) < 4.78 is 6.37. The van der Waals surface area contributed by atoms with Gasteiger partial charge in [-0.1, -0.05) is 41.6 Å². The van der Waals surface area contributed by atoms with Crippen molar-refractivity contribution in [1.82, 2.24) is 0 Å². The molecule has 2 nitrogen and oxygen atoms in total. The standard InChI is InChI=1S/C13H18BrNO/c1-3-12(15)7-11-5-4-6-13(8-11)16-9-10(2)14/h4-6,8,12H,2-3,7,9,15H2,1H3. The van der Waals surface area contributed by atoms with Gasteiger partial charge in [0.05, 0.1) is 0 Å². The molecule has 0 aliphatic rings. The minimum Gasteiger partial charge on any atom is -0.488 e. The smallest absolute Gasteiger partial charge is 0.120 e. The fourth-order valence-electron chi connectivity index (χ4n) is 1.37. The average Bonchev–Trinajstić information content (AvgIpc) is 2.26. The first kappa shape index (κ1) is 13.3. The highest BCUT2D eigenvalue weighted by atomic mass is 79.9. The van der Waals surface area contributed by atoms with Gasteiger partial charge in [-0.25, -0.2) is 0 Å². The topological polar surface area (TPSA) is 35.2 Å². The van der Waals surface area contributed by atoms with Gasteiger partial charge in [-0.05, 0) is 30.5 Å². The van der Waals surface area contributed by atoms with Crippen molar-refractivity contribution < 1.29 is 4.74 Å². The highest BCUT2D eigenvalue weighted by Crippen LogP contribution is 2.16. The van der Waals surface area contributed by atoms with E-state index in [0.29, 0.717) is 6.61 Å². The fourth-order valence-corrected chi connectivity index (χ4v) is 1.49. The zero-order chi connectivity index (χ0) is 12.0. The number of ether oxygens (including phenoxy) is 1. The van der Waals surface area contributed by atoms with E-state index in [-0.39, 0.29) is 6.04 Å². The summed E-state index contributed by atoms with van der Waals surface area (Å²) in [6.07, 6.45) is 1.88. The van der Waals surface area contributed by atoms with Crippen LogP contribution in [0.3, 0.4) is 0 Å². The zero-order valence-corrected chi connectivity index (χ0v) is 11.2. The van der Waals surface area contributed by atoms with Crippen LogP contribution in [0.4, 0.5) is 0 Å². The van der Waals surface area contributed by atoms with E-state index in [4.69, 9.17) is 10.5 Å². The summed E-state index contributed by atoms with van der Waals surface area (Å²) in [5.41, 5.74) is 7.13. The van der Waals surface area contributed by atoms with E-state index in [0.717, 1.165) is 23.1 Å². The molecule has 0 fully saturated rings. The molecule has 0 saturated heterocycles. The lowest BCUT2D eigenvalue weighted by molar-refractivity contribution is 0.360. The molecule has 3 heteroatoms. The summed E-state index contributed by atoms with van der Waals surface area (Å²) in [6.45, 7) is 6.31. The number of hydrogen-bond acceptors (Lipinski definition) is 2. The van der Waals surface area contributed by atoms with Crippen molar-refractivity contribution in [2.45, 2.75) is 25.8 Å². The number of benzene rings is 1. The van der Waals surface area contributed by atoms with Crippen molar-refractivity contribution in [3.63, 3.8) is 0 Å². The second-order valence-electron chi connectivity index (χ2n) is 3.83. The summed E-state index contributed by atoms with van der Waals surface area (Å²) in [5.74, 6) is 0.862. The van der Waals surface area contributed by atoms with Crippen LogP contribution in [0.5, 0.6) is 5.75 Å². The fraction of sp³-hybridized carbons (Fsp3) is 0.385. The molecule has 1 aromatic carbocycles. The molecule has 1 aromatic rings. The Morgan fingerprint density at radius 3 is 2.94 bits per heavy atom. The Morgan fingerprint density at radius 2 is 2.31 bits per heavy atom. The maximum atomic E-state index is 5.91. The number of nitrogens with two attached hydrogens (primary N) is 1. The van der Waals surface area contributed by atoms with Gasteiger partial charge in [0.2, 0.25) is 0 Å². The Hall–Kier alpha value is -0.800. The maximum absolute atomic E-state index is 5.91. The van der Waals surface area contributed by atoms with Crippen LogP contribution in [0.1, 0.15) is 18.9 Å². The molecule has 0 saturated carbocycles. The summed E-state index contributed by atoms with van der Waals surface area (Å²) in [4.78, 5) is 0. The maximum Gasteiger partial charge on any atom is 0.120 e. The van der Waals surface area contributed by atoms with Crippen LogP contribution in [-0.2, 0) is 6.42 Å². The molecule has 2 N–H and O–H groups in total. The molecule has 0 heterocycles. The summed E-state index contributed by atoms with van der Waals surface area (Å²) in [7, 11) is 0. The Morgan fingerprint density at radius 1 is 1.56 bits per heavy atom. The van der Waals surface area contributed by atoms with E-state index in [2.05, 4.69) is 35.5 Å². The third kappa shape index (κ3) is 4.81. The van der Waals surface area contributed by atoms with E-state index < -0.39 is 0 Å². The lowest BCUT2D eigenvalue weighted by Gasteiger charge is -2.10. The van der Waals surface area contributed by atoms with Gasteiger partial charge in [0.25, 0.3) is 0 Å². The zero-order valence-electron chi connectivity index (χ0n) is 9.58. The largest absolute Gasteiger partial charge is 0.488 e. The van der Waals surface area contributed by atoms with E-state index in [1.54, 1.807) is 0 Å². The molecule has 1 atom stereocenters. The van der Waals surface area contributed by atoms with Crippen LogP contribution in [0.2, 0.25) is 0 Å². The van der Waals surface area contributed by atoms with E-state index in [1.165, 1.54) is 5.56 Å². The average molecular weight is 284 g/mol. The van der Waals surface area contributed by atoms with Crippen LogP contribution >= 0.6 is 15.9 Å². The van der Waals surface area contributed by atoms with Crippen molar-refractivity contribution >= 4 is 15.9 Å². The van der Waals surface area contributed by atoms with Crippen molar-refractivity contribution in [1.29, 1.82) is 0 Å². The van der Waals surface area contributed by atoms with Gasteiger partial charge in [-0.2, -0.15) is 0 Å². The van der Waals surface area contributed by atoms with Crippen LogP contribution in [0.15, 0.2) is 35.3 Å². The molecule has 0 radical (unpaired) electrons. The Balaban J connectivity index is 2.60. The second kappa shape index (κ2) is 6.71. The molecular formula is C13H18BrNO.